The maximum Gasteiger partial charge on any atom is 0.251 e. The van der Waals surface area contributed by atoms with Gasteiger partial charge in [-0.05, 0) is 30.5 Å². The number of hydrogen-bond acceptors (Lipinski definition) is 4. The third kappa shape index (κ3) is 2.96. The molecular weight excluding hydrogens is 276 g/mol. The minimum atomic E-state index is -0.340. The van der Waals surface area contributed by atoms with Crippen LogP contribution in [-0.2, 0) is 14.4 Å². The first-order valence-electron chi connectivity index (χ1n) is 6.33. The number of hydrogen-bond donors (Lipinski definition) is 0. The minimum Gasteiger partial charge on any atom is -0.312 e. The molecule has 0 bridgehead atoms. The fourth-order valence-electron chi connectivity index (χ4n) is 2.23. The second-order valence-electron chi connectivity index (χ2n) is 4.62. The van der Waals surface area contributed by atoms with Crippen LogP contribution in [0.1, 0.15) is 6.42 Å². The molecule has 1 aromatic carbocycles. The largest absolute Gasteiger partial charge is 0.312 e. The molecule has 108 valence electrons. The molecule has 5 nitrogen and oxygen atoms in total. The molecule has 0 N–H and O–H groups in total. The van der Waals surface area contributed by atoms with Crippen molar-refractivity contribution in [2.24, 2.45) is 5.92 Å². The summed E-state index contributed by atoms with van der Waals surface area (Å²) in [5, 5.41) is 1.18. The average Bonchev–Trinajstić information content (AvgIpc) is 2.87. The van der Waals surface area contributed by atoms with Crippen molar-refractivity contribution in [1.82, 2.24) is 5.06 Å². The number of benzene rings is 1. The smallest absolute Gasteiger partial charge is 0.251 e. The fourth-order valence-corrected chi connectivity index (χ4v) is 2.64. The molecule has 2 amide bonds. The molecule has 0 spiro atoms. The van der Waals surface area contributed by atoms with E-state index in [2.05, 4.69) is 0 Å². The van der Waals surface area contributed by atoms with Gasteiger partial charge in [-0.2, -0.15) is 0 Å². The van der Waals surface area contributed by atoms with E-state index in [1.54, 1.807) is 23.7 Å². The van der Waals surface area contributed by atoms with Crippen LogP contribution in [0.5, 0.6) is 0 Å². The summed E-state index contributed by atoms with van der Waals surface area (Å²) in [5.74, 6) is -0.526. The highest BCUT2D eigenvalue weighted by Gasteiger charge is 2.36. The number of carbonyl (C=O) groups is 2. The lowest BCUT2D eigenvalue weighted by molar-refractivity contribution is -0.172. The van der Waals surface area contributed by atoms with Gasteiger partial charge in [0, 0.05) is 30.6 Å². The van der Waals surface area contributed by atoms with Crippen molar-refractivity contribution < 1.29 is 14.4 Å². The Bertz CT molecular complexity index is 504. The molecule has 1 aliphatic rings. The van der Waals surface area contributed by atoms with Gasteiger partial charge in [0.2, 0.25) is 5.91 Å². The lowest BCUT2D eigenvalue weighted by atomic mass is 10.1. The summed E-state index contributed by atoms with van der Waals surface area (Å²) in [4.78, 5) is 31.8. The van der Waals surface area contributed by atoms with Crippen LogP contribution in [0.4, 0.5) is 5.69 Å². The van der Waals surface area contributed by atoms with Crippen molar-refractivity contribution in [1.29, 1.82) is 0 Å². The third-order valence-corrected chi connectivity index (χ3v) is 4.19. The topological polar surface area (TPSA) is 49.9 Å². The second kappa shape index (κ2) is 6.28. The first-order chi connectivity index (χ1) is 9.56. The molecule has 2 rings (SSSR count). The van der Waals surface area contributed by atoms with Gasteiger partial charge in [0.15, 0.2) is 0 Å². The second-order valence-corrected chi connectivity index (χ2v) is 5.50. The zero-order valence-corrected chi connectivity index (χ0v) is 12.6. The number of hydroxylamine groups is 2. The monoisotopic (exact) mass is 294 g/mol. The normalized spacial score (nSPS) is 18.4. The highest BCUT2D eigenvalue weighted by molar-refractivity contribution is 7.98. The van der Waals surface area contributed by atoms with Crippen LogP contribution in [0.15, 0.2) is 29.2 Å². The summed E-state index contributed by atoms with van der Waals surface area (Å²) in [5.41, 5.74) is 0.836. The molecular formula is C14H18N2O3S. The Labute approximate surface area is 122 Å². The summed E-state index contributed by atoms with van der Waals surface area (Å²) < 4.78 is 0. The van der Waals surface area contributed by atoms with Crippen LogP contribution >= 0.6 is 11.8 Å². The molecule has 1 heterocycles. The first kappa shape index (κ1) is 14.9. The molecule has 0 radical (unpaired) electrons. The molecule has 1 aliphatic heterocycles. The highest BCUT2D eigenvalue weighted by atomic mass is 32.2. The van der Waals surface area contributed by atoms with Gasteiger partial charge >= 0.3 is 0 Å². The first-order valence-corrected chi connectivity index (χ1v) is 7.55. The van der Waals surface area contributed by atoms with Gasteiger partial charge in [-0.1, -0.05) is 0 Å². The van der Waals surface area contributed by atoms with Crippen molar-refractivity contribution in [2.45, 2.75) is 11.3 Å². The Balaban J connectivity index is 2.10. The Morgan fingerprint density at radius 1 is 1.40 bits per heavy atom. The molecule has 20 heavy (non-hydrogen) atoms. The van der Waals surface area contributed by atoms with E-state index in [-0.39, 0.29) is 24.2 Å². The fraction of sp³-hybridized carbons (Fsp3) is 0.429. The Kier molecular flexibility index (Phi) is 4.67. The lowest BCUT2D eigenvalue weighted by Gasteiger charge is -2.19. The summed E-state index contributed by atoms with van der Waals surface area (Å²) in [7, 11) is 3.00. The molecule has 1 fully saturated rings. The SMILES string of the molecule is CON(C)C(=O)C1CC(=O)N(c2ccc(SC)cc2)C1. The molecule has 6 heteroatoms. The van der Waals surface area contributed by atoms with Crippen molar-refractivity contribution >= 4 is 29.3 Å². The molecule has 1 aromatic rings. The van der Waals surface area contributed by atoms with E-state index in [1.807, 2.05) is 30.5 Å². The molecule has 0 saturated carbocycles. The molecule has 0 aliphatic carbocycles. The van der Waals surface area contributed by atoms with Crippen molar-refractivity contribution in [3.63, 3.8) is 0 Å². The average molecular weight is 294 g/mol. The zero-order chi connectivity index (χ0) is 14.7. The van der Waals surface area contributed by atoms with Crippen LogP contribution in [0.2, 0.25) is 0 Å². The Hall–Kier alpha value is -1.53. The standard InChI is InChI=1S/C14H18N2O3S/c1-15(19-2)14(18)10-8-13(17)16(9-10)11-4-6-12(20-3)7-5-11/h4-7,10H,8-9H2,1-3H3. The molecule has 1 atom stereocenters. The van der Waals surface area contributed by atoms with E-state index in [9.17, 15) is 9.59 Å². The van der Waals surface area contributed by atoms with Crippen LogP contribution in [0.25, 0.3) is 0 Å². The quantitative estimate of drug-likeness (QED) is 0.627. The number of carbonyl (C=O) groups excluding carboxylic acids is 2. The van der Waals surface area contributed by atoms with Crippen LogP contribution in [-0.4, -0.2) is 43.8 Å². The lowest BCUT2D eigenvalue weighted by Crippen LogP contribution is -2.34. The predicted molar refractivity (Wildman–Crippen MR) is 78.5 cm³/mol. The number of thioether (sulfide) groups is 1. The van der Waals surface area contributed by atoms with Gasteiger partial charge in [0.1, 0.15) is 0 Å². The van der Waals surface area contributed by atoms with Crippen LogP contribution in [0, 0.1) is 5.92 Å². The molecule has 1 saturated heterocycles. The van der Waals surface area contributed by atoms with Crippen molar-refractivity contribution in [3.8, 4) is 0 Å². The third-order valence-electron chi connectivity index (χ3n) is 3.44. The van der Waals surface area contributed by atoms with E-state index < -0.39 is 0 Å². The van der Waals surface area contributed by atoms with Crippen molar-refractivity contribution in [3.05, 3.63) is 24.3 Å². The number of amides is 2. The molecule has 1 unspecified atom stereocenters. The number of nitrogens with zero attached hydrogens (tertiary/aromatic N) is 2. The zero-order valence-electron chi connectivity index (χ0n) is 11.8. The Morgan fingerprint density at radius 3 is 2.60 bits per heavy atom. The molecule has 0 aromatic heterocycles. The highest BCUT2D eigenvalue weighted by Crippen LogP contribution is 2.27. The van der Waals surface area contributed by atoms with Gasteiger partial charge in [-0.25, -0.2) is 5.06 Å². The van der Waals surface area contributed by atoms with Gasteiger partial charge in [0.25, 0.3) is 5.91 Å². The minimum absolute atomic E-state index is 0.0234. The van der Waals surface area contributed by atoms with E-state index in [4.69, 9.17) is 4.84 Å². The maximum atomic E-state index is 12.1. The van der Waals surface area contributed by atoms with E-state index >= 15 is 0 Å². The maximum absolute atomic E-state index is 12.1. The predicted octanol–water partition coefficient (Wildman–Crippen LogP) is 1.78. The summed E-state index contributed by atoms with van der Waals surface area (Å²) >= 11 is 1.65. The van der Waals surface area contributed by atoms with Crippen molar-refractivity contribution in [2.75, 3.05) is 31.9 Å². The van der Waals surface area contributed by atoms with Gasteiger partial charge in [0.05, 0.1) is 13.0 Å². The van der Waals surface area contributed by atoms with Crippen LogP contribution in [0.3, 0.4) is 0 Å². The number of rotatable bonds is 4. The Morgan fingerprint density at radius 2 is 2.05 bits per heavy atom. The number of anilines is 1. The van der Waals surface area contributed by atoms with E-state index in [1.165, 1.54) is 12.2 Å². The summed E-state index contributed by atoms with van der Waals surface area (Å²) in [6, 6.07) is 7.78. The van der Waals surface area contributed by atoms with Gasteiger partial charge in [-0.3, -0.25) is 14.4 Å². The van der Waals surface area contributed by atoms with Crippen LogP contribution < -0.4 is 4.90 Å². The summed E-state index contributed by atoms with van der Waals surface area (Å²) in [6.45, 7) is 0.407. The summed E-state index contributed by atoms with van der Waals surface area (Å²) in [6.07, 6.45) is 2.24. The van der Waals surface area contributed by atoms with Gasteiger partial charge in [-0.15, -0.1) is 11.8 Å². The van der Waals surface area contributed by atoms with E-state index in [0.29, 0.717) is 6.54 Å². The van der Waals surface area contributed by atoms with Gasteiger partial charge < -0.3 is 4.90 Å². The van der Waals surface area contributed by atoms with E-state index in [0.717, 1.165) is 10.6 Å².